The lowest BCUT2D eigenvalue weighted by atomic mass is 10.2. The van der Waals surface area contributed by atoms with Crippen LogP contribution in [0.25, 0.3) is 0 Å². The van der Waals surface area contributed by atoms with Gasteiger partial charge in [-0.05, 0) is 23.8 Å². The first-order valence-electron chi connectivity index (χ1n) is 5.79. The Kier molecular flexibility index (Phi) is 5.01. The summed E-state index contributed by atoms with van der Waals surface area (Å²) in [5.74, 6) is 0. The summed E-state index contributed by atoms with van der Waals surface area (Å²) in [5.41, 5.74) is 6.31. The Morgan fingerprint density at radius 2 is 1.67 bits per heavy atom. The zero-order valence-corrected chi connectivity index (χ0v) is 13.7. The predicted molar refractivity (Wildman–Crippen MR) is 86.4 cm³/mol. The monoisotopic (exact) mass is 364 g/mol. The van der Waals surface area contributed by atoms with E-state index in [1.165, 1.54) is 12.1 Å². The minimum absolute atomic E-state index is 0.0268. The summed E-state index contributed by atoms with van der Waals surface area (Å²) in [6, 6.07) is 9.61. The van der Waals surface area contributed by atoms with E-state index in [9.17, 15) is 8.42 Å². The largest absolute Gasteiger partial charge is 0.396 e. The standard InChI is InChI=1S/C13H11Cl3N2O2S/c14-9-4-2-1-3-8(9)7-18-21(19,20)11-6-5-10(15)13(17)12(11)16/h1-6,18H,7,17H2. The van der Waals surface area contributed by atoms with Crippen molar-refractivity contribution in [3.8, 4) is 0 Å². The normalized spacial score (nSPS) is 11.6. The van der Waals surface area contributed by atoms with E-state index in [-0.39, 0.29) is 27.2 Å². The van der Waals surface area contributed by atoms with E-state index in [0.717, 1.165) is 0 Å². The molecule has 8 heteroatoms. The number of halogens is 3. The summed E-state index contributed by atoms with van der Waals surface area (Å²) in [4.78, 5) is -0.127. The lowest BCUT2D eigenvalue weighted by Gasteiger charge is -2.11. The van der Waals surface area contributed by atoms with Crippen molar-refractivity contribution in [3.05, 3.63) is 57.0 Å². The molecule has 2 rings (SSSR count). The maximum Gasteiger partial charge on any atom is 0.242 e. The lowest BCUT2D eigenvalue weighted by molar-refractivity contribution is 0.581. The number of rotatable bonds is 4. The number of nitrogens with one attached hydrogen (secondary N) is 1. The topological polar surface area (TPSA) is 72.2 Å². The smallest absolute Gasteiger partial charge is 0.242 e. The summed E-state index contributed by atoms with van der Waals surface area (Å²) in [7, 11) is -3.82. The van der Waals surface area contributed by atoms with Gasteiger partial charge in [-0.25, -0.2) is 13.1 Å². The molecule has 2 aromatic rings. The highest BCUT2D eigenvalue weighted by Crippen LogP contribution is 2.33. The number of hydrogen-bond donors (Lipinski definition) is 2. The average Bonchev–Trinajstić information content (AvgIpc) is 2.44. The molecule has 0 aliphatic rings. The second-order valence-electron chi connectivity index (χ2n) is 4.19. The molecule has 0 spiro atoms. The Balaban J connectivity index is 2.28. The van der Waals surface area contributed by atoms with Crippen LogP contribution >= 0.6 is 34.8 Å². The Labute approximate surface area is 137 Å². The maximum atomic E-state index is 12.3. The van der Waals surface area contributed by atoms with Gasteiger partial charge >= 0.3 is 0 Å². The summed E-state index contributed by atoms with van der Waals surface area (Å²) >= 11 is 17.7. The van der Waals surface area contributed by atoms with Crippen LogP contribution in [-0.2, 0) is 16.6 Å². The molecule has 0 aliphatic carbocycles. The van der Waals surface area contributed by atoms with Gasteiger partial charge in [-0.3, -0.25) is 0 Å². The molecule has 0 bridgehead atoms. The maximum absolute atomic E-state index is 12.3. The molecule has 0 amide bonds. The quantitative estimate of drug-likeness (QED) is 0.811. The SMILES string of the molecule is Nc1c(Cl)ccc(S(=O)(=O)NCc2ccccc2Cl)c1Cl. The van der Waals surface area contributed by atoms with Crippen molar-refractivity contribution in [1.29, 1.82) is 0 Å². The van der Waals surface area contributed by atoms with Gasteiger partial charge < -0.3 is 5.73 Å². The van der Waals surface area contributed by atoms with Crippen molar-refractivity contribution in [3.63, 3.8) is 0 Å². The van der Waals surface area contributed by atoms with Crippen LogP contribution in [-0.4, -0.2) is 8.42 Å². The summed E-state index contributed by atoms with van der Waals surface area (Å²) in [6.07, 6.45) is 0. The molecule has 4 nitrogen and oxygen atoms in total. The van der Waals surface area contributed by atoms with E-state index in [4.69, 9.17) is 40.5 Å². The van der Waals surface area contributed by atoms with E-state index in [0.29, 0.717) is 10.6 Å². The van der Waals surface area contributed by atoms with Gasteiger partial charge in [0.2, 0.25) is 10.0 Å². The van der Waals surface area contributed by atoms with Gasteiger partial charge in [-0.1, -0.05) is 53.0 Å². The number of benzene rings is 2. The molecule has 0 atom stereocenters. The zero-order valence-electron chi connectivity index (χ0n) is 10.6. The van der Waals surface area contributed by atoms with Crippen LogP contribution in [0.2, 0.25) is 15.1 Å². The van der Waals surface area contributed by atoms with Crippen molar-refractivity contribution < 1.29 is 8.42 Å². The Morgan fingerprint density at radius 1 is 1.00 bits per heavy atom. The first kappa shape index (κ1) is 16.4. The molecule has 0 fully saturated rings. The second-order valence-corrected chi connectivity index (χ2v) is 7.12. The van der Waals surface area contributed by atoms with Crippen LogP contribution in [0.15, 0.2) is 41.3 Å². The van der Waals surface area contributed by atoms with Gasteiger partial charge in [-0.15, -0.1) is 0 Å². The van der Waals surface area contributed by atoms with Crippen LogP contribution in [0, 0.1) is 0 Å². The number of nitrogens with two attached hydrogens (primary N) is 1. The fraction of sp³-hybridized carbons (Fsp3) is 0.0769. The molecule has 2 aromatic carbocycles. The molecular weight excluding hydrogens is 355 g/mol. The third-order valence-corrected chi connectivity index (χ3v) is 5.45. The highest BCUT2D eigenvalue weighted by Gasteiger charge is 2.20. The second kappa shape index (κ2) is 6.42. The van der Waals surface area contributed by atoms with Gasteiger partial charge in [0, 0.05) is 11.6 Å². The van der Waals surface area contributed by atoms with Gasteiger partial charge in [0.05, 0.1) is 15.7 Å². The fourth-order valence-corrected chi connectivity index (χ4v) is 3.62. The van der Waals surface area contributed by atoms with E-state index < -0.39 is 10.0 Å². The minimum atomic E-state index is -3.82. The first-order valence-corrected chi connectivity index (χ1v) is 8.41. The molecule has 0 heterocycles. The molecule has 0 saturated carbocycles. The highest BCUT2D eigenvalue weighted by atomic mass is 35.5. The molecule has 0 saturated heterocycles. The number of hydrogen-bond acceptors (Lipinski definition) is 3. The van der Waals surface area contributed by atoms with Gasteiger partial charge in [0.1, 0.15) is 4.90 Å². The van der Waals surface area contributed by atoms with Crippen molar-refractivity contribution in [2.75, 3.05) is 5.73 Å². The summed E-state index contributed by atoms with van der Waals surface area (Å²) in [5, 5.41) is 0.570. The van der Waals surface area contributed by atoms with E-state index in [1.807, 2.05) is 0 Å². The number of sulfonamides is 1. The van der Waals surface area contributed by atoms with Crippen molar-refractivity contribution in [1.82, 2.24) is 4.72 Å². The fourth-order valence-electron chi connectivity index (χ4n) is 1.65. The Morgan fingerprint density at radius 3 is 2.33 bits per heavy atom. The molecular formula is C13H11Cl3N2O2S. The molecule has 0 unspecified atom stereocenters. The van der Waals surface area contributed by atoms with E-state index >= 15 is 0 Å². The predicted octanol–water partition coefficient (Wildman–Crippen LogP) is 3.71. The summed E-state index contributed by atoms with van der Waals surface area (Å²) in [6.45, 7) is 0.0425. The molecule has 0 aliphatic heterocycles. The Hall–Kier alpha value is -0.980. The van der Waals surface area contributed by atoms with Crippen LogP contribution in [0.4, 0.5) is 5.69 Å². The first-order chi connectivity index (χ1) is 9.83. The van der Waals surface area contributed by atoms with Crippen LogP contribution < -0.4 is 10.5 Å². The van der Waals surface area contributed by atoms with Crippen molar-refractivity contribution in [2.24, 2.45) is 0 Å². The molecule has 0 radical (unpaired) electrons. The van der Waals surface area contributed by atoms with Gasteiger partial charge in [0.15, 0.2) is 0 Å². The van der Waals surface area contributed by atoms with E-state index in [2.05, 4.69) is 4.72 Å². The van der Waals surface area contributed by atoms with Crippen LogP contribution in [0.3, 0.4) is 0 Å². The molecule has 21 heavy (non-hydrogen) atoms. The zero-order chi connectivity index (χ0) is 15.6. The molecule has 112 valence electrons. The third-order valence-electron chi connectivity index (χ3n) is 2.79. The van der Waals surface area contributed by atoms with Gasteiger partial charge in [0.25, 0.3) is 0 Å². The number of nitrogen functional groups attached to an aromatic ring is 1. The molecule has 3 N–H and O–H groups in total. The highest BCUT2D eigenvalue weighted by molar-refractivity contribution is 7.89. The average molecular weight is 366 g/mol. The van der Waals surface area contributed by atoms with Crippen molar-refractivity contribution >= 4 is 50.5 Å². The Bertz CT molecular complexity index is 779. The third kappa shape index (κ3) is 3.62. The van der Waals surface area contributed by atoms with Crippen LogP contribution in [0.5, 0.6) is 0 Å². The lowest BCUT2D eigenvalue weighted by Crippen LogP contribution is -2.24. The van der Waals surface area contributed by atoms with Crippen molar-refractivity contribution in [2.45, 2.75) is 11.4 Å². The van der Waals surface area contributed by atoms with Gasteiger partial charge in [-0.2, -0.15) is 0 Å². The van der Waals surface area contributed by atoms with E-state index in [1.54, 1.807) is 24.3 Å². The number of anilines is 1. The van der Waals surface area contributed by atoms with Crippen LogP contribution in [0.1, 0.15) is 5.56 Å². The minimum Gasteiger partial charge on any atom is -0.396 e. The summed E-state index contributed by atoms with van der Waals surface area (Å²) < 4.78 is 27.0. The molecule has 0 aromatic heterocycles.